The molecule has 1 unspecified atom stereocenters. The average Bonchev–Trinajstić information content (AvgIpc) is 2.78. The van der Waals surface area contributed by atoms with Crippen LogP contribution in [0.2, 0.25) is 0 Å². The smallest absolute Gasteiger partial charge is 0.0882 e. The van der Waals surface area contributed by atoms with Crippen LogP contribution in [0, 0.1) is 5.41 Å². The van der Waals surface area contributed by atoms with E-state index in [1.165, 1.54) is 11.3 Å². The van der Waals surface area contributed by atoms with Gasteiger partial charge in [0.1, 0.15) is 0 Å². The van der Waals surface area contributed by atoms with E-state index >= 15 is 0 Å². The van der Waals surface area contributed by atoms with Crippen LogP contribution < -0.4 is 10.6 Å². The fourth-order valence-corrected chi connectivity index (χ4v) is 3.05. The summed E-state index contributed by atoms with van der Waals surface area (Å²) < 4.78 is 0. The van der Waals surface area contributed by atoms with Gasteiger partial charge in [-0.1, -0.05) is 32.9 Å². The Kier molecular flexibility index (Phi) is 3.50. The van der Waals surface area contributed by atoms with E-state index in [-0.39, 0.29) is 5.41 Å². The van der Waals surface area contributed by atoms with Crippen LogP contribution in [0.4, 0.5) is 5.69 Å². The first-order chi connectivity index (χ1) is 8.02. The summed E-state index contributed by atoms with van der Waals surface area (Å²) in [7, 11) is 0. The molecular weight excluding hydrogens is 228 g/mol. The zero-order valence-electron chi connectivity index (χ0n) is 10.7. The number of hydrogen-bond acceptors (Lipinski definition) is 3. The maximum Gasteiger partial charge on any atom is 0.0882 e. The maximum atomic E-state index is 5.62. The van der Waals surface area contributed by atoms with E-state index in [0.29, 0.717) is 11.9 Å². The Labute approximate surface area is 108 Å². The average molecular weight is 248 g/mol. The van der Waals surface area contributed by atoms with Crippen molar-refractivity contribution in [2.24, 2.45) is 11.1 Å². The van der Waals surface area contributed by atoms with E-state index in [0.717, 1.165) is 0 Å². The van der Waals surface area contributed by atoms with Crippen LogP contribution >= 0.6 is 11.8 Å². The number of nitrogens with two attached hydrogens (primary N) is 1. The van der Waals surface area contributed by atoms with Crippen molar-refractivity contribution < 1.29 is 0 Å². The van der Waals surface area contributed by atoms with Crippen molar-refractivity contribution in [3.05, 3.63) is 41.4 Å². The number of hydrogen-bond donors (Lipinski definition) is 1. The van der Waals surface area contributed by atoms with Gasteiger partial charge in [0.05, 0.1) is 5.37 Å². The van der Waals surface area contributed by atoms with Crippen LogP contribution in [-0.2, 0) is 6.54 Å². The minimum absolute atomic E-state index is 0.251. The second-order valence-electron chi connectivity index (χ2n) is 5.42. The van der Waals surface area contributed by atoms with Crippen LogP contribution in [0.1, 0.15) is 26.3 Å². The lowest BCUT2D eigenvalue weighted by Gasteiger charge is -2.35. The van der Waals surface area contributed by atoms with Crippen molar-refractivity contribution >= 4 is 17.4 Å². The topological polar surface area (TPSA) is 29.3 Å². The maximum absolute atomic E-state index is 5.62. The molecular formula is C14H20N2S. The SMILES string of the molecule is CC(C)(C)C1SC=CN1c1ccc(CN)cc1. The molecule has 1 heterocycles. The highest BCUT2D eigenvalue weighted by Gasteiger charge is 2.32. The lowest BCUT2D eigenvalue weighted by atomic mass is 9.95. The molecule has 1 aromatic rings. The van der Waals surface area contributed by atoms with Gasteiger partial charge in [0, 0.05) is 18.4 Å². The molecule has 0 radical (unpaired) electrons. The van der Waals surface area contributed by atoms with E-state index in [4.69, 9.17) is 5.73 Å². The molecule has 1 aliphatic heterocycles. The lowest BCUT2D eigenvalue weighted by Crippen LogP contribution is -2.35. The summed E-state index contributed by atoms with van der Waals surface area (Å²) in [4.78, 5) is 2.34. The van der Waals surface area contributed by atoms with Gasteiger partial charge in [-0.3, -0.25) is 0 Å². The Hall–Kier alpha value is -0.930. The molecule has 0 bridgehead atoms. The number of benzene rings is 1. The van der Waals surface area contributed by atoms with Gasteiger partial charge in [-0.15, -0.1) is 11.8 Å². The van der Waals surface area contributed by atoms with E-state index in [9.17, 15) is 0 Å². The van der Waals surface area contributed by atoms with Gasteiger partial charge >= 0.3 is 0 Å². The van der Waals surface area contributed by atoms with E-state index in [1.54, 1.807) is 0 Å². The third-order valence-electron chi connectivity index (χ3n) is 2.89. The lowest BCUT2D eigenvalue weighted by molar-refractivity contribution is 0.398. The molecule has 2 N–H and O–H groups in total. The normalized spacial score (nSPS) is 20.0. The molecule has 1 aromatic carbocycles. The molecule has 92 valence electrons. The molecule has 2 rings (SSSR count). The molecule has 1 atom stereocenters. The first-order valence-electron chi connectivity index (χ1n) is 5.92. The summed E-state index contributed by atoms with van der Waals surface area (Å²) in [6.07, 6.45) is 2.16. The Morgan fingerprint density at radius 1 is 1.24 bits per heavy atom. The van der Waals surface area contributed by atoms with Gasteiger partial charge in [-0.25, -0.2) is 0 Å². The first-order valence-corrected chi connectivity index (χ1v) is 6.86. The standard InChI is InChI=1S/C14H20N2S/c1-14(2,3)13-16(8-9-17-13)12-6-4-11(10-15)5-7-12/h4-9,13H,10,15H2,1-3H3. The summed E-state index contributed by atoms with van der Waals surface area (Å²) >= 11 is 1.88. The molecule has 0 saturated heterocycles. The second kappa shape index (κ2) is 4.75. The van der Waals surface area contributed by atoms with Crippen molar-refractivity contribution in [3.63, 3.8) is 0 Å². The van der Waals surface area contributed by atoms with E-state index in [1.807, 2.05) is 11.8 Å². The minimum Gasteiger partial charge on any atom is -0.334 e. The monoisotopic (exact) mass is 248 g/mol. The Morgan fingerprint density at radius 2 is 1.88 bits per heavy atom. The van der Waals surface area contributed by atoms with Gasteiger partial charge in [-0.2, -0.15) is 0 Å². The Morgan fingerprint density at radius 3 is 2.41 bits per heavy atom. The molecule has 2 nitrogen and oxygen atoms in total. The Bertz CT molecular complexity index is 403. The van der Waals surface area contributed by atoms with Crippen molar-refractivity contribution in [3.8, 4) is 0 Å². The number of nitrogens with zero attached hydrogens (tertiary/aromatic N) is 1. The van der Waals surface area contributed by atoms with E-state index in [2.05, 4.69) is 61.5 Å². The highest BCUT2D eigenvalue weighted by molar-refractivity contribution is 8.03. The molecule has 0 amide bonds. The molecule has 0 aromatic heterocycles. The van der Waals surface area contributed by atoms with Crippen molar-refractivity contribution in [1.82, 2.24) is 0 Å². The predicted octanol–water partition coefficient (Wildman–Crippen LogP) is 3.54. The molecule has 3 heteroatoms. The summed E-state index contributed by atoms with van der Waals surface area (Å²) in [5.41, 5.74) is 8.29. The third-order valence-corrected chi connectivity index (χ3v) is 4.36. The second-order valence-corrected chi connectivity index (χ2v) is 6.41. The van der Waals surface area contributed by atoms with Crippen molar-refractivity contribution in [1.29, 1.82) is 0 Å². The highest BCUT2D eigenvalue weighted by Crippen LogP contribution is 2.40. The van der Waals surface area contributed by atoms with Crippen LogP contribution in [0.3, 0.4) is 0 Å². The highest BCUT2D eigenvalue weighted by atomic mass is 32.2. The summed E-state index contributed by atoms with van der Waals surface area (Å²) in [6, 6.07) is 8.51. The zero-order valence-corrected chi connectivity index (χ0v) is 11.5. The van der Waals surface area contributed by atoms with Crippen LogP contribution in [0.25, 0.3) is 0 Å². The molecule has 0 aliphatic carbocycles. The fourth-order valence-electron chi connectivity index (χ4n) is 1.97. The molecule has 1 aliphatic rings. The van der Waals surface area contributed by atoms with Gasteiger partial charge in [0.2, 0.25) is 0 Å². The van der Waals surface area contributed by atoms with E-state index < -0.39 is 0 Å². The van der Waals surface area contributed by atoms with Crippen LogP contribution in [0.5, 0.6) is 0 Å². The largest absolute Gasteiger partial charge is 0.334 e. The molecule has 0 fully saturated rings. The van der Waals surface area contributed by atoms with Crippen molar-refractivity contribution in [2.45, 2.75) is 32.7 Å². The van der Waals surface area contributed by atoms with Gasteiger partial charge < -0.3 is 10.6 Å². The third kappa shape index (κ3) is 2.67. The first kappa shape index (κ1) is 12.5. The number of thioether (sulfide) groups is 1. The quantitative estimate of drug-likeness (QED) is 0.868. The number of anilines is 1. The Balaban J connectivity index is 2.23. The van der Waals surface area contributed by atoms with Crippen LogP contribution in [-0.4, -0.2) is 5.37 Å². The van der Waals surface area contributed by atoms with Gasteiger partial charge in [0.25, 0.3) is 0 Å². The molecule has 0 spiro atoms. The molecule has 0 saturated carbocycles. The zero-order chi connectivity index (χ0) is 12.5. The van der Waals surface area contributed by atoms with Crippen molar-refractivity contribution in [2.75, 3.05) is 4.90 Å². The van der Waals surface area contributed by atoms with Crippen LogP contribution in [0.15, 0.2) is 35.9 Å². The summed E-state index contributed by atoms with van der Waals surface area (Å²) in [6.45, 7) is 7.43. The van der Waals surface area contributed by atoms with Gasteiger partial charge in [-0.05, 0) is 28.5 Å². The summed E-state index contributed by atoms with van der Waals surface area (Å²) in [5.74, 6) is 0. The number of rotatable bonds is 2. The summed E-state index contributed by atoms with van der Waals surface area (Å²) in [5, 5.41) is 2.64. The molecule has 17 heavy (non-hydrogen) atoms. The predicted molar refractivity (Wildman–Crippen MR) is 76.8 cm³/mol. The fraction of sp³-hybridized carbons (Fsp3) is 0.429. The van der Waals surface area contributed by atoms with Gasteiger partial charge in [0.15, 0.2) is 0 Å². The minimum atomic E-state index is 0.251.